The van der Waals surface area contributed by atoms with Gasteiger partial charge >= 0.3 is 5.69 Å². The fourth-order valence-corrected chi connectivity index (χ4v) is 3.36. The predicted octanol–water partition coefficient (Wildman–Crippen LogP) is 3.17. The van der Waals surface area contributed by atoms with E-state index in [1.54, 1.807) is 6.20 Å². The zero-order chi connectivity index (χ0) is 21.3. The lowest BCUT2D eigenvalue weighted by atomic mass is 10.0. The number of hydrogen-bond donors (Lipinski definition) is 2. The van der Waals surface area contributed by atoms with Crippen LogP contribution >= 0.6 is 0 Å². The van der Waals surface area contributed by atoms with Crippen molar-refractivity contribution in [3.8, 4) is 16.9 Å². The Kier molecular flexibility index (Phi) is 5.28. The van der Waals surface area contributed by atoms with Crippen molar-refractivity contribution in [1.29, 1.82) is 0 Å². The average molecular weight is 410 g/mol. The second-order valence-electron chi connectivity index (χ2n) is 7.15. The molecule has 2 heterocycles. The standard InChI is InChI=1S/C21H20F2N6O/c1-13-5-3-4-6-16(13)20-14(10-28(2)12-19-24-21(30)26-25-19)11-29(27-20)18-8-7-15(22)9-17(18)23/h3-9,11H,10,12H2,1-2H3,(H2,24,25,26,30). The van der Waals surface area contributed by atoms with Crippen LogP contribution in [0.4, 0.5) is 8.78 Å². The van der Waals surface area contributed by atoms with Crippen LogP contribution in [0.2, 0.25) is 0 Å². The molecule has 0 aliphatic carbocycles. The largest absolute Gasteiger partial charge is 0.340 e. The number of aromatic amines is 2. The van der Waals surface area contributed by atoms with Gasteiger partial charge in [-0.3, -0.25) is 9.88 Å². The number of aryl methyl sites for hydroxylation is 1. The van der Waals surface area contributed by atoms with Gasteiger partial charge < -0.3 is 0 Å². The van der Waals surface area contributed by atoms with Gasteiger partial charge in [-0.1, -0.05) is 24.3 Å². The summed E-state index contributed by atoms with van der Waals surface area (Å²) in [6, 6.07) is 11.2. The molecule has 0 spiro atoms. The number of halogens is 2. The zero-order valence-corrected chi connectivity index (χ0v) is 16.5. The molecule has 0 aliphatic rings. The molecule has 154 valence electrons. The molecule has 2 aromatic carbocycles. The van der Waals surface area contributed by atoms with Gasteiger partial charge in [-0.15, -0.1) is 0 Å². The van der Waals surface area contributed by atoms with Crippen molar-refractivity contribution < 1.29 is 8.78 Å². The Bertz CT molecular complexity index is 1240. The van der Waals surface area contributed by atoms with Gasteiger partial charge in [0.25, 0.3) is 0 Å². The second-order valence-corrected chi connectivity index (χ2v) is 7.15. The first-order chi connectivity index (χ1) is 14.4. The summed E-state index contributed by atoms with van der Waals surface area (Å²) in [4.78, 5) is 15.8. The maximum absolute atomic E-state index is 14.4. The quantitative estimate of drug-likeness (QED) is 0.512. The minimum atomic E-state index is -0.692. The Balaban J connectivity index is 1.72. The molecule has 0 fully saturated rings. The summed E-state index contributed by atoms with van der Waals surface area (Å²) in [6.45, 7) is 2.86. The Morgan fingerprint density at radius 2 is 1.93 bits per heavy atom. The van der Waals surface area contributed by atoms with E-state index in [0.717, 1.165) is 22.8 Å². The molecule has 0 aliphatic heterocycles. The maximum atomic E-state index is 14.4. The Labute approximate surface area is 171 Å². The van der Waals surface area contributed by atoms with Gasteiger partial charge in [0.15, 0.2) is 5.82 Å². The normalized spacial score (nSPS) is 11.4. The molecular weight excluding hydrogens is 390 g/mol. The molecule has 2 aromatic heterocycles. The zero-order valence-electron chi connectivity index (χ0n) is 16.5. The van der Waals surface area contributed by atoms with Crippen molar-refractivity contribution in [3.63, 3.8) is 0 Å². The first kappa shape index (κ1) is 19.7. The molecule has 2 N–H and O–H groups in total. The van der Waals surface area contributed by atoms with Gasteiger partial charge in [0, 0.05) is 29.9 Å². The molecule has 0 saturated carbocycles. The molecule has 7 nitrogen and oxygen atoms in total. The van der Waals surface area contributed by atoms with Gasteiger partial charge in [-0.2, -0.15) is 10.2 Å². The van der Waals surface area contributed by atoms with Crippen molar-refractivity contribution in [1.82, 2.24) is 29.9 Å². The van der Waals surface area contributed by atoms with Crippen molar-refractivity contribution in [2.45, 2.75) is 20.0 Å². The number of aromatic nitrogens is 5. The number of rotatable bonds is 6. The molecule has 0 bridgehead atoms. The van der Waals surface area contributed by atoms with Gasteiger partial charge in [-0.05, 0) is 31.7 Å². The molecule has 4 rings (SSSR count). The van der Waals surface area contributed by atoms with E-state index >= 15 is 0 Å². The van der Waals surface area contributed by atoms with Gasteiger partial charge in [0.2, 0.25) is 0 Å². The molecule has 0 amide bonds. The topological polar surface area (TPSA) is 82.6 Å². The summed E-state index contributed by atoms with van der Waals surface area (Å²) in [5.41, 5.74) is 3.32. The summed E-state index contributed by atoms with van der Waals surface area (Å²) in [5.74, 6) is -0.824. The molecular formula is C21H20F2N6O. The number of benzene rings is 2. The highest BCUT2D eigenvalue weighted by molar-refractivity contribution is 5.66. The van der Waals surface area contributed by atoms with Gasteiger partial charge in [-0.25, -0.2) is 23.4 Å². The van der Waals surface area contributed by atoms with Crippen LogP contribution in [-0.4, -0.2) is 36.9 Å². The highest BCUT2D eigenvalue weighted by atomic mass is 19.1. The Hall–Kier alpha value is -3.59. The third-order valence-electron chi connectivity index (χ3n) is 4.76. The van der Waals surface area contributed by atoms with E-state index in [0.29, 0.717) is 24.6 Å². The second kappa shape index (κ2) is 8.03. The van der Waals surface area contributed by atoms with E-state index in [-0.39, 0.29) is 11.4 Å². The molecule has 0 saturated heterocycles. The monoisotopic (exact) mass is 410 g/mol. The van der Waals surface area contributed by atoms with Crippen molar-refractivity contribution in [2.75, 3.05) is 7.05 Å². The summed E-state index contributed by atoms with van der Waals surface area (Å²) in [5, 5.41) is 10.9. The number of hydrogen-bond acceptors (Lipinski definition) is 4. The van der Waals surface area contributed by atoms with Crippen molar-refractivity contribution in [3.05, 3.63) is 87.7 Å². The minimum absolute atomic E-state index is 0.164. The molecule has 9 heteroatoms. The molecule has 0 radical (unpaired) electrons. The third-order valence-corrected chi connectivity index (χ3v) is 4.76. The predicted molar refractivity (Wildman–Crippen MR) is 108 cm³/mol. The number of nitrogens with zero attached hydrogens (tertiary/aromatic N) is 4. The van der Waals surface area contributed by atoms with E-state index in [4.69, 9.17) is 0 Å². The van der Waals surface area contributed by atoms with E-state index in [1.165, 1.54) is 16.8 Å². The van der Waals surface area contributed by atoms with E-state index in [2.05, 4.69) is 20.3 Å². The van der Waals surface area contributed by atoms with Crippen LogP contribution in [0.3, 0.4) is 0 Å². The van der Waals surface area contributed by atoms with Crippen LogP contribution in [0.25, 0.3) is 16.9 Å². The Morgan fingerprint density at radius 1 is 1.13 bits per heavy atom. The fourth-order valence-electron chi connectivity index (χ4n) is 3.36. The molecule has 4 aromatic rings. The van der Waals surface area contributed by atoms with Gasteiger partial charge in [0.1, 0.15) is 17.3 Å². The van der Waals surface area contributed by atoms with Gasteiger partial charge in [0.05, 0.1) is 12.2 Å². The lowest BCUT2D eigenvalue weighted by molar-refractivity contribution is 0.311. The summed E-state index contributed by atoms with van der Waals surface area (Å²) in [7, 11) is 1.88. The van der Waals surface area contributed by atoms with E-state index in [1.807, 2.05) is 43.1 Å². The number of nitrogens with one attached hydrogen (secondary N) is 2. The van der Waals surface area contributed by atoms with Crippen LogP contribution in [0.5, 0.6) is 0 Å². The average Bonchev–Trinajstić information content (AvgIpc) is 3.28. The van der Waals surface area contributed by atoms with Crippen LogP contribution in [0.15, 0.2) is 53.5 Å². The lowest BCUT2D eigenvalue weighted by Gasteiger charge is -2.15. The summed E-state index contributed by atoms with van der Waals surface area (Å²) < 4.78 is 29.1. The Morgan fingerprint density at radius 3 is 2.63 bits per heavy atom. The van der Waals surface area contributed by atoms with Crippen LogP contribution in [0, 0.1) is 18.6 Å². The maximum Gasteiger partial charge on any atom is 0.340 e. The van der Waals surface area contributed by atoms with Crippen LogP contribution in [0.1, 0.15) is 17.0 Å². The SMILES string of the molecule is Cc1ccccc1-c1nn(-c2ccc(F)cc2F)cc1CN(C)Cc1n[nH]c(=O)[nH]1. The third kappa shape index (κ3) is 4.06. The highest BCUT2D eigenvalue weighted by Crippen LogP contribution is 2.28. The van der Waals surface area contributed by atoms with Crippen molar-refractivity contribution in [2.24, 2.45) is 0 Å². The van der Waals surface area contributed by atoms with Crippen LogP contribution < -0.4 is 5.69 Å². The highest BCUT2D eigenvalue weighted by Gasteiger charge is 2.18. The fraction of sp³-hybridized carbons (Fsp3) is 0.190. The molecule has 0 atom stereocenters. The lowest BCUT2D eigenvalue weighted by Crippen LogP contribution is -2.18. The number of H-pyrrole nitrogens is 2. The minimum Gasteiger partial charge on any atom is -0.295 e. The van der Waals surface area contributed by atoms with E-state index in [9.17, 15) is 13.6 Å². The van der Waals surface area contributed by atoms with Crippen LogP contribution in [-0.2, 0) is 13.1 Å². The van der Waals surface area contributed by atoms with Crippen molar-refractivity contribution >= 4 is 0 Å². The smallest absolute Gasteiger partial charge is 0.295 e. The summed E-state index contributed by atoms with van der Waals surface area (Å²) >= 11 is 0. The molecule has 30 heavy (non-hydrogen) atoms. The first-order valence-electron chi connectivity index (χ1n) is 9.33. The van der Waals surface area contributed by atoms with E-state index < -0.39 is 11.6 Å². The molecule has 0 unspecified atom stereocenters. The first-order valence-corrected chi connectivity index (χ1v) is 9.33. The summed E-state index contributed by atoms with van der Waals surface area (Å²) in [6.07, 6.45) is 1.74.